The fourth-order valence-corrected chi connectivity index (χ4v) is 2.63. The van der Waals surface area contributed by atoms with E-state index in [0.29, 0.717) is 0 Å². The van der Waals surface area contributed by atoms with Crippen LogP contribution in [0.1, 0.15) is 16.7 Å². The van der Waals surface area contributed by atoms with E-state index >= 15 is 0 Å². The lowest BCUT2D eigenvalue weighted by Gasteiger charge is -2.03. The molecule has 196 valence electrons. The van der Waals surface area contributed by atoms with Gasteiger partial charge in [-0.3, -0.25) is 0 Å². The summed E-state index contributed by atoms with van der Waals surface area (Å²) < 4.78 is 10.1. The molecule has 1 nitrogen and oxygen atoms in total. The molecular formula is C35H38FNS. The van der Waals surface area contributed by atoms with Crippen LogP contribution in [-0.4, -0.2) is 5.16 Å². The first kappa shape index (κ1) is 37.9. The summed E-state index contributed by atoms with van der Waals surface area (Å²) in [6.45, 7) is 29.5. The number of thiocarbonyl (C=S) groups is 1. The third-order valence-electron chi connectivity index (χ3n) is 4.07. The van der Waals surface area contributed by atoms with Gasteiger partial charge in [0.2, 0.25) is 0 Å². The van der Waals surface area contributed by atoms with Gasteiger partial charge in [-0.15, -0.1) is 45.2 Å². The minimum absolute atomic E-state index is 0.250. The summed E-state index contributed by atoms with van der Waals surface area (Å²) in [7, 11) is 0. The summed E-state index contributed by atoms with van der Waals surface area (Å²) in [5.41, 5.74) is 9.40. The van der Waals surface area contributed by atoms with E-state index in [1.165, 1.54) is 22.3 Å². The van der Waals surface area contributed by atoms with Gasteiger partial charge in [0.25, 0.3) is 0 Å². The number of allylic oxidation sites excluding steroid dienone is 2. The van der Waals surface area contributed by atoms with Gasteiger partial charge >= 0.3 is 0 Å². The van der Waals surface area contributed by atoms with Crippen molar-refractivity contribution in [3.63, 3.8) is 0 Å². The monoisotopic (exact) mass is 523 g/mol. The smallest absolute Gasteiger partial charge is 0.0795 e. The molecule has 0 amide bonds. The lowest BCUT2D eigenvalue weighted by molar-refractivity contribution is 0.725. The highest BCUT2D eigenvalue weighted by molar-refractivity contribution is 7.78. The molecule has 0 fully saturated rings. The van der Waals surface area contributed by atoms with E-state index in [1.54, 1.807) is 12.2 Å². The van der Waals surface area contributed by atoms with Gasteiger partial charge in [0.15, 0.2) is 0 Å². The Hall–Kier alpha value is -4.65. The van der Waals surface area contributed by atoms with Crippen LogP contribution in [0, 0.1) is 6.92 Å². The molecule has 0 bridgehead atoms. The van der Waals surface area contributed by atoms with Crippen LogP contribution in [0.4, 0.5) is 10.1 Å². The highest BCUT2D eigenvalue weighted by Gasteiger charge is 1.97. The largest absolute Gasteiger partial charge is 0.216 e. The fraction of sp³-hybridized carbons (Fsp3) is 0.0286. The lowest BCUT2D eigenvalue weighted by atomic mass is 10.0. The predicted octanol–water partition coefficient (Wildman–Crippen LogP) is 11.6. The zero-order chi connectivity index (χ0) is 29.6. The van der Waals surface area contributed by atoms with Crippen molar-refractivity contribution in [2.45, 2.75) is 6.92 Å². The van der Waals surface area contributed by atoms with Crippen LogP contribution < -0.4 is 0 Å². The Morgan fingerprint density at radius 2 is 1.08 bits per heavy atom. The fourth-order valence-electron chi connectivity index (χ4n) is 2.52. The second-order valence-corrected chi connectivity index (χ2v) is 6.56. The molecule has 0 saturated heterocycles. The molecule has 0 atom stereocenters. The Kier molecular flexibility index (Phi) is 28.5. The second kappa shape index (κ2) is 28.6. The molecule has 0 saturated carbocycles. The first-order chi connectivity index (χ1) is 18.6. The number of rotatable bonds is 5. The zero-order valence-corrected chi connectivity index (χ0v) is 23.2. The molecular weight excluding hydrogens is 485 g/mol. The van der Waals surface area contributed by atoms with E-state index in [1.807, 2.05) is 24.3 Å². The molecule has 0 aliphatic rings. The van der Waals surface area contributed by atoms with Crippen LogP contribution in [0.25, 0.3) is 23.3 Å². The van der Waals surface area contributed by atoms with Crippen molar-refractivity contribution >= 4 is 35.2 Å². The number of hydrogen-bond acceptors (Lipinski definition) is 2. The van der Waals surface area contributed by atoms with Crippen LogP contribution in [0.5, 0.6) is 0 Å². The zero-order valence-electron chi connectivity index (χ0n) is 22.4. The van der Waals surface area contributed by atoms with Crippen LogP contribution in [0.3, 0.4) is 0 Å². The van der Waals surface area contributed by atoms with Crippen molar-refractivity contribution in [1.82, 2.24) is 0 Å². The van der Waals surface area contributed by atoms with E-state index < -0.39 is 0 Å². The predicted molar refractivity (Wildman–Crippen MR) is 176 cm³/mol. The molecule has 3 aromatic carbocycles. The maximum atomic E-state index is 10.1. The van der Waals surface area contributed by atoms with Gasteiger partial charge in [-0.25, -0.2) is 4.39 Å². The lowest BCUT2D eigenvalue weighted by Crippen LogP contribution is -1.79. The van der Waals surface area contributed by atoms with Crippen LogP contribution >= 0.6 is 12.2 Å². The number of isothiocyanates is 1. The number of hydrogen-bond donors (Lipinski definition) is 0. The minimum Gasteiger partial charge on any atom is -0.216 e. The molecule has 0 unspecified atom stereocenters. The van der Waals surface area contributed by atoms with Crippen LogP contribution in [0.2, 0.25) is 0 Å². The first-order valence-corrected chi connectivity index (χ1v) is 11.7. The Bertz CT molecular complexity index is 1140. The quantitative estimate of drug-likeness (QED) is 0.0809. The number of aryl methyl sites for hydroxylation is 1. The average molecular weight is 524 g/mol. The molecule has 0 spiro atoms. The van der Waals surface area contributed by atoms with E-state index in [9.17, 15) is 4.39 Å². The first-order valence-electron chi connectivity index (χ1n) is 11.3. The SMILES string of the molecule is C=C.C=C.C=C.C=C=CC=C.C=CF.Cc1ccc(-c2ccc(C=Cc3ccc(N=C=S)cc3)cc2)cc1. The Morgan fingerprint density at radius 1 is 0.711 bits per heavy atom. The highest BCUT2D eigenvalue weighted by Crippen LogP contribution is 2.21. The summed E-state index contributed by atoms with van der Waals surface area (Å²) in [4.78, 5) is 3.95. The van der Waals surface area contributed by atoms with Crippen molar-refractivity contribution in [2.75, 3.05) is 0 Å². The van der Waals surface area contributed by atoms with Gasteiger partial charge in [0.1, 0.15) is 0 Å². The number of aliphatic imine (C=N–C) groups is 1. The van der Waals surface area contributed by atoms with Gasteiger partial charge in [-0.2, -0.15) is 4.99 Å². The molecule has 0 radical (unpaired) electrons. The van der Waals surface area contributed by atoms with Gasteiger partial charge in [-0.1, -0.05) is 104 Å². The Morgan fingerprint density at radius 3 is 1.39 bits per heavy atom. The number of benzene rings is 3. The molecule has 3 rings (SSSR count). The standard InChI is InChI=1S/C22H17NS.C5H6.C2H3F.3C2H4/c1-17-2-10-20(11-3-17)21-12-6-18(7-13-21)4-5-19-8-14-22(15-9-19)23-16-24;1-3-5-4-2;1-2-3;3*1-2/h2-15H,1H3;3,5H,1-2H2;2H,1H2;3*1-2H2. The summed E-state index contributed by atoms with van der Waals surface area (Å²) in [6.07, 6.45) is 7.73. The van der Waals surface area contributed by atoms with E-state index in [4.69, 9.17) is 0 Å². The molecule has 3 aromatic rings. The molecule has 3 heteroatoms. The summed E-state index contributed by atoms with van der Waals surface area (Å²) in [5, 5.41) is 2.37. The summed E-state index contributed by atoms with van der Waals surface area (Å²) in [5.74, 6) is 0. The van der Waals surface area contributed by atoms with Gasteiger partial charge in [0, 0.05) is 0 Å². The van der Waals surface area contributed by atoms with Gasteiger partial charge < -0.3 is 0 Å². The van der Waals surface area contributed by atoms with E-state index in [2.05, 4.69) is 155 Å². The average Bonchev–Trinajstić information content (AvgIpc) is 2.98. The van der Waals surface area contributed by atoms with Crippen LogP contribution in [0.15, 0.2) is 161 Å². The molecule has 0 N–H and O–H groups in total. The van der Waals surface area contributed by atoms with Crippen molar-refractivity contribution in [2.24, 2.45) is 4.99 Å². The third-order valence-corrected chi connectivity index (χ3v) is 4.16. The molecule has 0 aliphatic heterocycles. The third kappa shape index (κ3) is 18.6. The van der Waals surface area contributed by atoms with Crippen molar-refractivity contribution < 1.29 is 4.39 Å². The van der Waals surface area contributed by atoms with Crippen molar-refractivity contribution in [3.8, 4) is 11.1 Å². The number of nitrogens with zero attached hydrogens (tertiary/aromatic N) is 1. The highest BCUT2D eigenvalue weighted by atomic mass is 32.1. The Balaban J connectivity index is -0.000000742. The van der Waals surface area contributed by atoms with E-state index in [-0.39, 0.29) is 6.33 Å². The molecule has 38 heavy (non-hydrogen) atoms. The molecule has 0 heterocycles. The second-order valence-electron chi connectivity index (χ2n) is 6.38. The molecule has 0 aliphatic carbocycles. The van der Waals surface area contributed by atoms with Gasteiger partial charge in [-0.05, 0) is 59.6 Å². The normalized spacial score (nSPS) is 7.95. The topological polar surface area (TPSA) is 12.4 Å². The molecule has 0 aromatic heterocycles. The summed E-state index contributed by atoms with van der Waals surface area (Å²) in [6, 6.07) is 25.1. The van der Waals surface area contributed by atoms with Gasteiger partial charge in [0.05, 0.1) is 17.2 Å². The van der Waals surface area contributed by atoms with E-state index in [0.717, 1.165) is 11.3 Å². The maximum absolute atomic E-state index is 10.1. The van der Waals surface area contributed by atoms with Crippen LogP contribution in [-0.2, 0) is 0 Å². The number of halogens is 1. The Labute approximate surface area is 235 Å². The maximum Gasteiger partial charge on any atom is 0.0795 e. The van der Waals surface area contributed by atoms with Crippen molar-refractivity contribution in [1.29, 1.82) is 0 Å². The minimum atomic E-state index is 0.250. The summed E-state index contributed by atoms with van der Waals surface area (Å²) >= 11 is 4.60. The van der Waals surface area contributed by atoms with Crippen molar-refractivity contribution in [3.05, 3.63) is 173 Å².